The van der Waals surface area contributed by atoms with E-state index in [0.29, 0.717) is 13.1 Å². The predicted molar refractivity (Wildman–Crippen MR) is 75.1 cm³/mol. The van der Waals surface area contributed by atoms with Crippen molar-refractivity contribution in [2.45, 2.75) is 25.0 Å². The van der Waals surface area contributed by atoms with E-state index in [1.807, 2.05) is 23.1 Å². The molecule has 2 aliphatic heterocycles. The molecule has 0 aliphatic carbocycles. The molecule has 0 aromatic carbocycles. The van der Waals surface area contributed by atoms with E-state index in [0.717, 1.165) is 31.6 Å². The number of pyridine rings is 1. The lowest BCUT2D eigenvalue weighted by Gasteiger charge is -2.46. The molecular weight excluding hydrogens is 254 g/mol. The molecule has 0 unspecified atom stereocenters. The summed E-state index contributed by atoms with van der Waals surface area (Å²) < 4.78 is 5.90. The van der Waals surface area contributed by atoms with Crippen molar-refractivity contribution < 1.29 is 9.53 Å². The van der Waals surface area contributed by atoms with Crippen LogP contribution in [0.4, 0.5) is 0 Å². The predicted octanol–water partition coefficient (Wildman–Crippen LogP) is 0.905. The molecule has 0 atom stereocenters. The number of ether oxygens (including phenoxy) is 1. The van der Waals surface area contributed by atoms with Crippen LogP contribution in [-0.2, 0) is 16.1 Å². The quantitative estimate of drug-likeness (QED) is 0.804. The minimum Gasteiger partial charge on any atom is -0.363 e. The van der Waals surface area contributed by atoms with E-state index < -0.39 is 0 Å². The van der Waals surface area contributed by atoms with Crippen LogP contribution in [0.25, 0.3) is 0 Å². The fourth-order valence-electron chi connectivity index (χ4n) is 2.95. The lowest BCUT2D eigenvalue weighted by atomic mass is 9.89. The maximum atomic E-state index is 12.1. The number of likely N-dealkylation sites (tertiary alicyclic amines) is 1. The van der Waals surface area contributed by atoms with Crippen molar-refractivity contribution in [2.75, 3.05) is 33.3 Å². The first-order valence-corrected chi connectivity index (χ1v) is 7.17. The number of hydrogen-bond donors (Lipinski definition) is 0. The number of aromatic nitrogens is 1. The minimum atomic E-state index is -0.144. The number of rotatable bonds is 2. The van der Waals surface area contributed by atoms with Gasteiger partial charge in [-0.1, -0.05) is 6.07 Å². The Morgan fingerprint density at radius 1 is 1.35 bits per heavy atom. The Morgan fingerprint density at radius 2 is 2.15 bits per heavy atom. The topological polar surface area (TPSA) is 45.7 Å². The maximum Gasteiger partial charge on any atom is 0.249 e. The van der Waals surface area contributed by atoms with E-state index in [4.69, 9.17) is 4.74 Å². The van der Waals surface area contributed by atoms with Gasteiger partial charge in [-0.15, -0.1) is 0 Å². The molecule has 0 radical (unpaired) electrons. The van der Waals surface area contributed by atoms with Crippen molar-refractivity contribution >= 4 is 5.91 Å². The lowest BCUT2D eigenvalue weighted by Crippen LogP contribution is -2.58. The third kappa shape index (κ3) is 2.83. The molecule has 0 N–H and O–H groups in total. The largest absolute Gasteiger partial charge is 0.363 e. The zero-order valence-electron chi connectivity index (χ0n) is 11.9. The summed E-state index contributed by atoms with van der Waals surface area (Å²) in [5.74, 6) is 0.0696. The Hall–Kier alpha value is -1.46. The molecule has 108 valence electrons. The summed E-state index contributed by atoms with van der Waals surface area (Å²) in [6.07, 6.45) is 3.76. The summed E-state index contributed by atoms with van der Waals surface area (Å²) in [6, 6.07) is 5.81. The molecule has 0 saturated carbocycles. The van der Waals surface area contributed by atoms with Crippen LogP contribution in [-0.4, -0.2) is 59.6 Å². The molecule has 1 aromatic rings. The van der Waals surface area contributed by atoms with Crippen LogP contribution >= 0.6 is 0 Å². The van der Waals surface area contributed by atoms with Gasteiger partial charge in [0.15, 0.2) is 0 Å². The Morgan fingerprint density at radius 3 is 2.85 bits per heavy atom. The van der Waals surface area contributed by atoms with E-state index in [1.54, 1.807) is 6.20 Å². The Bertz CT molecular complexity index is 469. The second-order valence-corrected chi connectivity index (χ2v) is 5.85. The summed E-state index contributed by atoms with van der Waals surface area (Å²) in [5, 5.41) is 0. The summed E-state index contributed by atoms with van der Waals surface area (Å²) in [5.41, 5.74) is 0.792. The maximum absolute atomic E-state index is 12.1. The van der Waals surface area contributed by atoms with Gasteiger partial charge in [0.2, 0.25) is 5.91 Å². The van der Waals surface area contributed by atoms with E-state index in [9.17, 15) is 4.79 Å². The van der Waals surface area contributed by atoms with Crippen LogP contribution < -0.4 is 0 Å². The Labute approximate surface area is 119 Å². The van der Waals surface area contributed by atoms with Crippen LogP contribution in [0.3, 0.4) is 0 Å². The number of amides is 1. The van der Waals surface area contributed by atoms with Gasteiger partial charge in [0.05, 0.1) is 24.4 Å². The molecule has 1 amide bonds. The van der Waals surface area contributed by atoms with Crippen LogP contribution in [0, 0.1) is 0 Å². The third-order valence-electron chi connectivity index (χ3n) is 4.31. The van der Waals surface area contributed by atoms with Crippen LogP contribution in [0.15, 0.2) is 24.4 Å². The van der Waals surface area contributed by atoms with E-state index in [-0.39, 0.29) is 18.1 Å². The SMILES string of the molecule is CN1CCC2(CC1)CN(Cc1ccccn1)C(=O)CO2. The zero-order chi connectivity index (χ0) is 14.0. The van der Waals surface area contributed by atoms with E-state index >= 15 is 0 Å². The molecule has 3 rings (SSSR count). The molecule has 1 spiro atoms. The molecule has 5 nitrogen and oxygen atoms in total. The summed E-state index contributed by atoms with van der Waals surface area (Å²) >= 11 is 0. The second-order valence-electron chi connectivity index (χ2n) is 5.85. The smallest absolute Gasteiger partial charge is 0.249 e. The van der Waals surface area contributed by atoms with E-state index in [2.05, 4.69) is 16.9 Å². The van der Waals surface area contributed by atoms with Gasteiger partial charge in [-0.25, -0.2) is 0 Å². The average molecular weight is 275 g/mol. The molecule has 3 heterocycles. The number of nitrogens with zero attached hydrogens (tertiary/aromatic N) is 3. The van der Waals surface area contributed by atoms with Crippen molar-refractivity contribution in [1.29, 1.82) is 0 Å². The first-order valence-electron chi connectivity index (χ1n) is 7.17. The summed E-state index contributed by atoms with van der Waals surface area (Å²) in [4.78, 5) is 20.6. The first-order chi connectivity index (χ1) is 9.67. The minimum absolute atomic E-state index is 0.0696. The Kier molecular flexibility index (Phi) is 3.72. The molecule has 0 bridgehead atoms. The molecule has 1 aromatic heterocycles. The average Bonchev–Trinajstić information content (AvgIpc) is 2.48. The van der Waals surface area contributed by atoms with Gasteiger partial charge in [-0.3, -0.25) is 9.78 Å². The normalized spacial score (nSPS) is 23.2. The van der Waals surface area contributed by atoms with Gasteiger partial charge in [0.25, 0.3) is 0 Å². The number of hydrogen-bond acceptors (Lipinski definition) is 4. The highest BCUT2D eigenvalue weighted by molar-refractivity contribution is 5.78. The molecule has 2 fully saturated rings. The molecule has 2 aliphatic rings. The summed E-state index contributed by atoms with van der Waals surface area (Å²) in [6.45, 7) is 3.55. The van der Waals surface area contributed by atoms with Crippen molar-refractivity contribution in [2.24, 2.45) is 0 Å². The van der Waals surface area contributed by atoms with Gasteiger partial charge in [-0.05, 0) is 32.0 Å². The molecule has 5 heteroatoms. The van der Waals surface area contributed by atoms with Gasteiger partial charge in [0, 0.05) is 19.3 Å². The number of carbonyl (C=O) groups is 1. The van der Waals surface area contributed by atoms with Gasteiger partial charge >= 0.3 is 0 Å². The number of piperidine rings is 1. The van der Waals surface area contributed by atoms with Crippen molar-refractivity contribution in [3.05, 3.63) is 30.1 Å². The fraction of sp³-hybridized carbons (Fsp3) is 0.600. The monoisotopic (exact) mass is 275 g/mol. The second kappa shape index (κ2) is 5.50. The fourth-order valence-corrected chi connectivity index (χ4v) is 2.95. The molecule has 20 heavy (non-hydrogen) atoms. The van der Waals surface area contributed by atoms with Crippen LogP contribution in [0.2, 0.25) is 0 Å². The first kappa shape index (κ1) is 13.5. The number of carbonyl (C=O) groups excluding carboxylic acids is 1. The third-order valence-corrected chi connectivity index (χ3v) is 4.31. The van der Waals surface area contributed by atoms with E-state index in [1.165, 1.54) is 0 Å². The van der Waals surface area contributed by atoms with Crippen LogP contribution in [0.1, 0.15) is 18.5 Å². The van der Waals surface area contributed by atoms with Gasteiger partial charge in [-0.2, -0.15) is 0 Å². The van der Waals surface area contributed by atoms with Crippen LogP contribution in [0.5, 0.6) is 0 Å². The standard InChI is InChI=1S/C15H21N3O2/c1-17-8-5-15(6-9-17)12-18(14(19)11-20-15)10-13-4-2-3-7-16-13/h2-4,7H,5-6,8-12H2,1H3. The van der Waals surface area contributed by atoms with Crippen molar-refractivity contribution in [3.63, 3.8) is 0 Å². The van der Waals surface area contributed by atoms with Crippen molar-refractivity contribution in [3.8, 4) is 0 Å². The zero-order valence-corrected chi connectivity index (χ0v) is 11.9. The molecule has 2 saturated heterocycles. The highest BCUT2D eigenvalue weighted by Gasteiger charge is 2.41. The Balaban J connectivity index is 1.69. The molecular formula is C15H21N3O2. The van der Waals surface area contributed by atoms with Gasteiger partial charge in [0.1, 0.15) is 6.61 Å². The highest BCUT2D eigenvalue weighted by atomic mass is 16.5. The highest BCUT2D eigenvalue weighted by Crippen LogP contribution is 2.30. The van der Waals surface area contributed by atoms with Gasteiger partial charge < -0.3 is 14.5 Å². The van der Waals surface area contributed by atoms with Crippen molar-refractivity contribution in [1.82, 2.24) is 14.8 Å². The lowest BCUT2D eigenvalue weighted by molar-refractivity contribution is -0.172. The number of morpholine rings is 1. The summed E-state index contributed by atoms with van der Waals surface area (Å²) in [7, 11) is 2.13.